The van der Waals surface area contributed by atoms with Crippen LogP contribution in [0, 0.1) is 0 Å². The third-order valence-corrected chi connectivity index (χ3v) is 2.80. The van der Waals surface area contributed by atoms with Crippen LogP contribution < -0.4 is 5.32 Å². The molecule has 0 radical (unpaired) electrons. The minimum absolute atomic E-state index is 0.0734. The van der Waals surface area contributed by atoms with Crippen LogP contribution in [0.15, 0.2) is 24.9 Å². The highest BCUT2D eigenvalue weighted by atomic mass is 19.4. The van der Waals surface area contributed by atoms with E-state index in [1.807, 2.05) is 5.32 Å². The molecule has 2 rings (SSSR count). The van der Waals surface area contributed by atoms with Crippen molar-refractivity contribution >= 4 is 23.4 Å². The minimum atomic E-state index is -4.71. The lowest BCUT2D eigenvalue weighted by Crippen LogP contribution is -2.21. The lowest BCUT2D eigenvalue weighted by atomic mass is 10.2. The Labute approximate surface area is 125 Å². The van der Waals surface area contributed by atoms with Gasteiger partial charge in [-0.25, -0.2) is 4.98 Å². The molecule has 0 saturated heterocycles. The molecule has 1 N–H and O–H groups in total. The van der Waals surface area contributed by atoms with Crippen LogP contribution in [0.25, 0.3) is 11.7 Å². The predicted octanol–water partition coefficient (Wildman–Crippen LogP) is 3.89. The first-order valence-electron chi connectivity index (χ1n) is 6.09. The second kappa shape index (κ2) is 5.60. The molecule has 2 aromatic heterocycles. The summed E-state index contributed by atoms with van der Waals surface area (Å²) in [6.07, 6.45) is -8.83. The Balaban J connectivity index is 2.41. The largest absolute Gasteiger partial charge is 0.416 e. The van der Waals surface area contributed by atoms with E-state index in [0.717, 1.165) is 18.3 Å². The maximum absolute atomic E-state index is 12.6. The standard InChI is InChI=1S/C13H9F6N3O/c1-2-8-11(21-10(23)6-12(14,15)16)20-9-5-7(13(17,18)19)3-4-22(8)9/h2-5H,1,6H2,(H,21,23). The first kappa shape index (κ1) is 16.8. The molecule has 0 aliphatic heterocycles. The summed E-state index contributed by atoms with van der Waals surface area (Å²) in [6.45, 7) is 3.41. The number of carbonyl (C=O) groups excluding carboxylic acids is 1. The van der Waals surface area contributed by atoms with Crippen molar-refractivity contribution in [2.45, 2.75) is 18.8 Å². The summed E-state index contributed by atoms with van der Waals surface area (Å²) in [5.74, 6) is -1.67. The number of fused-ring (bicyclic) bond motifs is 1. The number of imidazole rings is 1. The molecule has 1 amide bonds. The van der Waals surface area contributed by atoms with Gasteiger partial charge in [0.05, 0.1) is 11.3 Å². The number of rotatable bonds is 3. The van der Waals surface area contributed by atoms with Crippen molar-refractivity contribution in [3.63, 3.8) is 0 Å². The highest BCUT2D eigenvalue weighted by Crippen LogP contribution is 2.31. The topological polar surface area (TPSA) is 46.4 Å². The van der Waals surface area contributed by atoms with Crippen LogP contribution >= 0.6 is 0 Å². The molecule has 0 unspecified atom stereocenters. The number of anilines is 1. The first-order chi connectivity index (χ1) is 10.5. The maximum atomic E-state index is 12.6. The highest BCUT2D eigenvalue weighted by molar-refractivity contribution is 5.92. The van der Waals surface area contributed by atoms with E-state index >= 15 is 0 Å². The van der Waals surface area contributed by atoms with Gasteiger partial charge in [-0.2, -0.15) is 26.3 Å². The monoisotopic (exact) mass is 337 g/mol. The molecule has 0 aliphatic rings. The number of nitrogens with one attached hydrogen (secondary N) is 1. The van der Waals surface area contributed by atoms with E-state index in [9.17, 15) is 31.1 Å². The van der Waals surface area contributed by atoms with Crippen molar-refractivity contribution in [3.8, 4) is 0 Å². The summed E-state index contributed by atoms with van der Waals surface area (Å²) in [4.78, 5) is 15.0. The van der Waals surface area contributed by atoms with E-state index in [-0.39, 0.29) is 17.2 Å². The lowest BCUT2D eigenvalue weighted by molar-refractivity contribution is -0.150. The molecule has 124 valence electrons. The molecule has 2 aromatic rings. The Hall–Kier alpha value is -2.52. The summed E-state index contributed by atoms with van der Waals surface area (Å²) in [5, 5.41) is 1.92. The fourth-order valence-corrected chi connectivity index (χ4v) is 1.89. The second-order valence-corrected chi connectivity index (χ2v) is 4.53. The van der Waals surface area contributed by atoms with Gasteiger partial charge in [0.15, 0.2) is 5.82 Å². The lowest BCUT2D eigenvalue weighted by Gasteiger charge is -2.07. The van der Waals surface area contributed by atoms with E-state index < -0.39 is 30.2 Å². The summed E-state index contributed by atoms with van der Waals surface area (Å²) >= 11 is 0. The number of aromatic nitrogens is 2. The summed E-state index contributed by atoms with van der Waals surface area (Å²) in [6, 6.07) is 1.50. The van der Waals surface area contributed by atoms with Gasteiger partial charge in [-0.05, 0) is 18.2 Å². The van der Waals surface area contributed by atoms with Crippen molar-refractivity contribution in [2.24, 2.45) is 0 Å². The van der Waals surface area contributed by atoms with Crippen molar-refractivity contribution < 1.29 is 31.1 Å². The van der Waals surface area contributed by atoms with Crippen LogP contribution in [-0.4, -0.2) is 21.5 Å². The molecule has 23 heavy (non-hydrogen) atoms. The summed E-state index contributed by atoms with van der Waals surface area (Å²) in [7, 11) is 0. The molecule has 4 nitrogen and oxygen atoms in total. The molecule has 0 saturated carbocycles. The molecule has 0 bridgehead atoms. The zero-order valence-electron chi connectivity index (χ0n) is 11.3. The number of carbonyl (C=O) groups is 1. The fraction of sp³-hybridized carbons (Fsp3) is 0.231. The Kier molecular flexibility index (Phi) is 4.10. The summed E-state index contributed by atoms with van der Waals surface area (Å²) in [5.41, 5.74) is -1.08. The van der Waals surface area contributed by atoms with Gasteiger partial charge in [-0.3, -0.25) is 9.20 Å². The van der Waals surface area contributed by atoms with Crippen molar-refractivity contribution in [3.05, 3.63) is 36.2 Å². The molecule has 0 atom stereocenters. The quantitative estimate of drug-likeness (QED) is 0.864. The van der Waals surface area contributed by atoms with Crippen LogP contribution in [0.5, 0.6) is 0 Å². The van der Waals surface area contributed by atoms with Gasteiger partial charge in [0, 0.05) is 6.20 Å². The van der Waals surface area contributed by atoms with Gasteiger partial charge >= 0.3 is 12.4 Å². The second-order valence-electron chi connectivity index (χ2n) is 4.53. The average molecular weight is 337 g/mol. The van der Waals surface area contributed by atoms with E-state index in [2.05, 4.69) is 11.6 Å². The minimum Gasteiger partial charge on any atom is -0.309 e. The SMILES string of the molecule is C=Cc1c(NC(=O)CC(F)(F)F)nc2cc(C(F)(F)F)ccn12. The Morgan fingerprint density at radius 2 is 1.96 bits per heavy atom. The third-order valence-electron chi connectivity index (χ3n) is 2.80. The van der Waals surface area contributed by atoms with Gasteiger partial charge in [0.25, 0.3) is 0 Å². The fourth-order valence-electron chi connectivity index (χ4n) is 1.89. The number of amides is 1. The van der Waals surface area contributed by atoms with E-state index in [0.29, 0.717) is 6.07 Å². The van der Waals surface area contributed by atoms with Crippen LogP contribution in [0.3, 0.4) is 0 Å². The zero-order valence-corrected chi connectivity index (χ0v) is 11.3. The number of nitrogens with zero attached hydrogens (tertiary/aromatic N) is 2. The normalized spacial score (nSPS) is 12.4. The molecule has 0 fully saturated rings. The molecule has 0 spiro atoms. The van der Waals surface area contributed by atoms with Crippen LogP contribution in [0.1, 0.15) is 17.7 Å². The number of alkyl halides is 6. The smallest absolute Gasteiger partial charge is 0.309 e. The third kappa shape index (κ3) is 3.82. The van der Waals surface area contributed by atoms with Gasteiger partial charge in [-0.1, -0.05) is 6.58 Å². The first-order valence-corrected chi connectivity index (χ1v) is 6.09. The van der Waals surface area contributed by atoms with Crippen molar-refractivity contribution in [2.75, 3.05) is 5.32 Å². The van der Waals surface area contributed by atoms with Crippen molar-refractivity contribution in [1.82, 2.24) is 9.38 Å². The molecule has 0 aliphatic carbocycles. The molecule has 0 aromatic carbocycles. The summed E-state index contributed by atoms with van der Waals surface area (Å²) < 4.78 is 75.6. The number of halogens is 6. The van der Waals surface area contributed by atoms with Gasteiger partial charge < -0.3 is 5.32 Å². The Bertz CT molecular complexity index is 759. The predicted molar refractivity (Wildman–Crippen MR) is 69.6 cm³/mol. The Morgan fingerprint density at radius 1 is 1.30 bits per heavy atom. The molecule has 10 heteroatoms. The van der Waals surface area contributed by atoms with Crippen LogP contribution in [0.2, 0.25) is 0 Å². The molecular weight excluding hydrogens is 328 g/mol. The molecular formula is C13H9F6N3O. The highest BCUT2D eigenvalue weighted by Gasteiger charge is 2.33. The van der Waals surface area contributed by atoms with E-state index in [4.69, 9.17) is 0 Å². The Morgan fingerprint density at radius 3 is 2.48 bits per heavy atom. The molecule has 2 heterocycles. The number of pyridine rings is 1. The van der Waals surface area contributed by atoms with Crippen molar-refractivity contribution in [1.29, 1.82) is 0 Å². The van der Waals surface area contributed by atoms with Crippen LogP contribution in [-0.2, 0) is 11.0 Å². The van der Waals surface area contributed by atoms with Gasteiger partial charge in [0.2, 0.25) is 5.91 Å². The van der Waals surface area contributed by atoms with E-state index in [1.54, 1.807) is 0 Å². The zero-order chi connectivity index (χ0) is 17.4. The maximum Gasteiger partial charge on any atom is 0.416 e. The number of hydrogen-bond donors (Lipinski definition) is 1. The van der Waals surface area contributed by atoms with Gasteiger partial charge in [0.1, 0.15) is 12.1 Å². The van der Waals surface area contributed by atoms with Gasteiger partial charge in [-0.15, -0.1) is 0 Å². The average Bonchev–Trinajstić information content (AvgIpc) is 2.70. The van der Waals surface area contributed by atoms with Crippen LogP contribution in [0.4, 0.5) is 32.2 Å². The van der Waals surface area contributed by atoms with E-state index in [1.165, 1.54) is 4.40 Å². The number of hydrogen-bond acceptors (Lipinski definition) is 2.